The van der Waals surface area contributed by atoms with Gasteiger partial charge in [-0.2, -0.15) is 0 Å². The maximum absolute atomic E-state index is 11.6. The Kier molecular flexibility index (Phi) is 6.52. The minimum atomic E-state index is -0.263. The fourth-order valence-electron chi connectivity index (χ4n) is 2.29. The number of likely N-dealkylation sites (tertiary alicyclic amines) is 1. The highest BCUT2D eigenvalue weighted by molar-refractivity contribution is 5.77. The molecule has 0 saturated carbocycles. The van der Waals surface area contributed by atoms with Gasteiger partial charge in [0, 0.05) is 13.1 Å². The molecular weight excluding hydrogens is 216 g/mol. The molecule has 1 fully saturated rings. The molecule has 1 aliphatic heterocycles. The summed E-state index contributed by atoms with van der Waals surface area (Å²) in [5, 5.41) is 12.5. The number of piperidine rings is 1. The molecule has 100 valence electrons. The van der Waals surface area contributed by atoms with Crippen molar-refractivity contribution in [2.75, 3.05) is 26.2 Å². The van der Waals surface area contributed by atoms with Gasteiger partial charge in [0.15, 0.2) is 0 Å². The monoisotopic (exact) mass is 242 g/mol. The zero-order chi connectivity index (χ0) is 12.7. The van der Waals surface area contributed by atoms with Crippen molar-refractivity contribution in [2.45, 2.75) is 45.6 Å². The van der Waals surface area contributed by atoms with Crippen LogP contribution in [-0.4, -0.2) is 48.2 Å². The number of unbranched alkanes of at least 4 members (excludes halogenated alkanes) is 1. The third kappa shape index (κ3) is 5.50. The Balaban J connectivity index is 2.23. The maximum atomic E-state index is 11.6. The van der Waals surface area contributed by atoms with E-state index >= 15 is 0 Å². The normalized spacial score (nSPS) is 23.4. The molecule has 0 radical (unpaired) electrons. The van der Waals surface area contributed by atoms with Crippen molar-refractivity contribution in [2.24, 2.45) is 5.92 Å². The number of hydrogen-bond donors (Lipinski definition) is 2. The van der Waals surface area contributed by atoms with E-state index in [1.807, 2.05) is 6.92 Å². The Hall–Kier alpha value is -0.610. The fraction of sp³-hybridized carbons (Fsp3) is 0.923. The van der Waals surface area contributed by atoms with E-state index in [-0.39, 0.29) is 12.0 Å². The lowest BCUT2D eigenvalue weighted by atomic mass is 9.93. The highest BCUT2D eigenvalue weighted by Gasteiger charge is 2.24. The molecule has 1 aliphatic rings. The topological polar surface area (TPSA) is 52.6 Å². The van der Waals surface area contributed by atoms with E-state index in [1.54, 1.807) is 0 Å². The number of amides is 1. The molecule has 1 rings (SSSR count). The second kappa shape index (κ2) is 7.67. The highest BCUT2D eigenvalue weighted by Crippen LogP contribution is 2.19. The Morgan fingerprint density at radius 3 is 3.00 bits per heavy atom. The molecular formula is C13H26N2O2. The van der Waals surface area contributed by atoms with Gasteiger partial charge in [-0.3, -0.25) is 9.69 Å². The number of rotatable bonds is 6. The van der Waals surface area contributed by atoms with Gasteiger partial charge in [0.05, 0.1) is 12.6 Å². The van der Waals surface area contributed by atoms with Crippen LogP contribution in [0.2, 0.25) is 0 Å². The number of carbonyl (C=O) groups excluding carboxylic acids is 1. The summed E-state index contributed by atoms with van der Waals surface area (Å²) in [7, 11) is 0. The predicted molar refractivity (Wildman–Crippen MR) is 68.8 cm³/mol. The number of aliphatic hydroxyl groups is 1. The average molecular weight is 242 g/mol. The van der Waals surface area contributed by atoms with Crippen LogP contribution in [0.1, 0.15) is 39.5 Å². The maximum Gasteiger partial charge on any atom is 0.234 e. The molecule has 17 heavy (non-hydrogen) atoms. The van der Waals surface area contributed by atoms with Crippen LogP contribution in [0.5, 0.6) is 0 Å². The first-order valence-corrected chi connectivity index (χ1v) is 6.80. The van der Waals surface area contributed by atoms with Gasteiger partial charge in [-0.25, -0.2) is 0 Å². The number of nitrogens with zero attached hydrogens (tertiary/aromatic N) is 1. The lowest BCUT2D eigenvalue weighted by molar-refractivity contribution is -0.122. The zero-order valence-corrected chi connectivity index (χ0v) is 11.1. The van der Waals surface area contributed by atoms with Gasteiger partial charge in [0.25, 0.3) is 0 Å². The lowest BCUT2D eigenvalue weighted by Crippen LogP contribution is -2.44. The fourth-order valence-corrected chi connectivity index (χ4v) is 2.29. The van der Waals surface area contributed by atoms with Crippen molar-refractivity contribution >= 4 is 5.91 Å². The number of aliphatic hydroxyl groups excluding tert-OH is 1. The number of nitrogens with one attached hydrogen (secondary N) is 1. The summed E-state index contributed by atoms with van der Waals surface area (Å²) in [6, 6.07) is 0. The third-order valence-electron chi connectivity index (χ3n) is 3.44. The largest absolute Gasteiger partial charge is 0.393 e. The summed E-state index contributed by atoms with van der Waals surface area (Å²) in [5.74, 6) is 0.442. The van der Waals surface area contributed by atoms with Gasteiger partial charge < -0.3 is 10.4 Å². The van der Waals surface area contributed by atoms with Crippen LogP contribution in [0.25, 0.3) is 0 Å². The van der Waals surface area contributed by atoms with Crippen molar-refractivity contribution in [3.8, 4) is 0 Å². The molecule has 1 saturated heterocycles. The van der Waals surface area contributed by atoms with E-state index < -0.39 is 0 Å². The first-order valence-electron chi connectivity index (χ1n) is 6.80. The van der Waals surface area contributed by atoms with Crippen LogP contribution in [0.15, 0.2) is 0 Å². The molecule has 4 heteroatoms. The third-order valence-corrected chi connectivity index (χ3v) is 3.44. The second-order valence-corrected chi connectivity index (χ2v) is 5.08. The SMILES string of the molecule is CCCCNC(=O)CN1CCCC(C(C)O)C1. The van der Waals surface area contributed by atoms with Gasteiger partial charge in [0.2, 0.25) is 5.91 Å². The number of carbonyl (C=O) groups is 1. The second-order valence-electron chi connectivity index (χ2n) is 5.08. The molecule has 2 N–H and O–H groups in total. The standard InChI is InChI=1S/C13H26N2O2/c1-3-4-7-14-13(17)10-15-8-5-6-12(9-15)11(2)16/h11-12,16H,3-10H2,1-2H3,(H,14,17). The first-order chi connectivity index (χ1) is 8.13. The van der Waals surface area contributed by atoms with E-state index in [9.17, 15) is 9.90 Å². The van der Waals surface area contributed by atoms with E-state index in [0.29, 0.717) is 12.5 Å². The van der Waals surface area contributed by atoms with E-state index in [0.717, 1.165) is 45.3 Å². The van der Waals surface area contributed by atoms with Gasteiger partial charge in [-0.15, -0.1) is 0 Å². The smallest absolute Gasteiger partial charge is 0.234 e. The van der Waals surface area contributed by atoms with Crippen LogP contribution < -0.4 is 5.32 Å². The molecule has 1 amide bonds. The predicted octanol–water partition coefficient (Wildman–Crippen LogP) is 0.995. The van der Waals surface area contributed by atoms with Gasteiger partial charge >= 0.3 is 0 Å². The summed E-state index contributed by atoms with van der Waals surface area (Å²) >= 11 is 0. The molecule has 0 spiro atoms. The quantitative estimate of drug-likeness (QED) is 0.683. The summed E-state index contributed by atoms with van der Waals surface area (Å²) in [5.41, 5.74) is 0. The summed E-state index contributed by atoms with van der Waals surface area (Å²) in [6.45, 7) is 7.04. The minimum Gasteiger partial charge on any atom is -0.393 e. The molecule has 0 aromatic carbocycles. The molecule has 1 heterocycles. The molecule has 4 nitrogen and oxygen atoms in total. The van der Waals surface area contributed by atoms with Crippen molar-refractivity contribution < 1.29 is 9.90 Å². The van der Waals surface area contributed by atoms with Crippen molar-refractivity contribution in [3.05, 3.63) is 0 Å². The first kappa shape index (κ1) is 14.5. The summed E-state index contributed by atoms with van der Waals surface area (Å²) in [6.07, 6.45) is 4.04. The Labute approximate surface area is 104 Å². The van der Waals surface area contributed by atoms with Crippen LogP contribution in [0, 0.1) is 5.92 Å². The molecule has 0 aromatic rings. The Morgan fingerprint density at radius 2 is 2.35 bits per heavy atom. The van der Waals surface area contributed by atoms with Gasteiger partial charge in [-0.05, 0) is 38.6 Å². The summed E-state index contributed by atoms with van der Waals surface area (Å²) in [4.78, 5) is 13.8. The molecule has 2 atom stereocenters. The lowest BCUT2D eigenvalue weighted by Gasteiger charge is -2.33. The molecule has 0 bridgehead atoms. The highest BCUT2D eigenvalue weighted by atomic mass is 16.3. The van der Waals surface area contributed by atoms with Gasteiger partial charge in [0.1, 0.15) is 0 Å². The van der Waals surface area contributed by atoms with E-state index in [1.165, 1.54) is 0 Å². The van der Waals surface area contributed by atoms with Crippen LogP contribution in [0.4, 0.5) is 0 Å². The van der Waals surface area contributed by atoms with E-state index in [4.69, 9.17) is 0 Å². The number of hydrogen-bond acceptors (Lipinski definition) is 3. The van der Waals surface area contributed by atoms with Gasteiger partial charge in [-0.1, -0.05) is 13.3 Å². The molecule has 0 aliphatic carbocycles. The zero-order valence-electron chi connectivity index (χ0n) is 11.1. The summed E-state index contributed by atoms with van der Waals surface area (Å²) < 4.78 is 0. The van der Waals surface area contributed by atoms with E-state index in [2.05, 4.69) is 17.1 Å². The molecule has 2 unspecified atom stereocenters. The van der Waals surface area contributed by atoms with Crippen molar-refractivity contribution in [1.82, 2.24) is 10.2 Å². The minimum absolute atomic E-state index is 0.115. The van der Waals surface area contributed by atoms with Crippen molar-refractivity contribution in [3.63, 3.8) is 0 Å². The average Bonchev–Trinajstić information content (AvgIpc) is 2.29. The Bertz CT molecular complexity index is 231. The van der Waals surface area contributed by atoms with Crippen LogP contribution in [0.3, 0.4) is 0 Å². The van der Waals surface area contributed by atoms with Crippen LogP contribution in [-0.2, 0) is 4.79 Å². The van der Waals surface area contributed by atoms with Crippen molar-refractivity contribution in [1.29, 1.82) is 0 Å². The Morgan fingerprint density at radius 1 is 1.59 bits per heavy atom. The molecule has 0 aromatic heterocycles. The van der Waals surface area contributed by atoms with Crippen LogP contribution >= 0.6 is 0 Å².